The zero-order valence-corrected chi connectivity index (χ0v) is 22.4. The first-order chi connectivity index (χ1) is 14.9. The molecule has 4 aromatic carbocycles. The van der Waals surface area contributed by atoms with Crippen molar-refractivity contribution in [1.82, 2.24) is 0 Å². The van der Waals surface area contributed by atoms with Gasteiger partial charge < -0.3 is 0 Å². The molecule has 170 valence electrons. The molecular weight excluding hydrogens is 384 g/mol. The molecule has 0 saturated carbocycles. The highest BCUT2D eigenvalue weighted by molar-refractivity contribution is 6.00. The molecule has 0 bridgehead atoms. The molecule has 0 nitrogen and oxygen atoms in total. The zero-order chi connectivity index (χ0) is 23.8. The molecule has 0 amide bonds. The summed E-state index contributed by atoms with van der Waals surface area (Å²) >= 11 is 0. The third kappa shape index (κ3) is 2.88. The molecule has 0 aliphatic carbocycles. The molecule has 0 heterocycles. The summed E-state index contributed by atoms with van der Waals surface area (Å²) in [6.45, 7) is 27.8. The Morgan fingerprint density at radius 2 is 0.688 bits per heavy atom. The van der Waals surface area contributed by atoms with Crippen molar-refractivity contribution in [2.24, 2.45) is 0 Å². The highest BCUT2D eigenvalue weighted by Crippen LogP contribution is 2.41. The van der Waals surface area contributed by atoms with Gasteiger partial charge in [0.15, 0.2) is 0 Å². The predicted molar refractivity (Wildman–Crippen MR) is 143 cm³/mol. The molecule has 4 aromatic rings. The van der Waals surface area contributed by atoms with Gasteiger partial charge in [-0.15, -0.1) is 54.9 Å². The van der Waals surface area contributed by atoms with E-state index < -0.39 is 0 Å². The Morgan fingerprint density at radius 1 is 0.406 bits per heavy atom. The van der Waals surface area contributed by atoms with E-state index >= 15 is 0 Å². The van der Waals surface area contributed by atoms with Gasteiger partial charge >= 0.3 is 0 Å². The van der Waals surface area contributed by atoms with Crippen molar-refractivity contribution in [2.45, 2.75) is 95.9 Å². The highest BCUT2D eigenvalue weighted by Gasteiger charge is 2.14. The van der Waals surface area contributed by atoms with Gasteiger partial charge in [-0.2, -0.15) is 11.1 Å². The summed E-state index contributed by atoms with van der Waals surface area (Å²) in [5.41, 5.74) is 20.9. The SMILES string of the molecule is Cc1c(C)c(C)c2c(c1C)c(CCc1c(C)[c-](C)c3c(C)c(C)c(C)c(C)c13)c(C)[c-]2C. The van der Waals surface area contributed by atoms with Gasteiger partial charge in [-0.05, 0) is 41.5 Å². The van der Waals surface area contributed by atoms with Gasteiger partial charge in [0.05, 0.1) is 0 Å². The first-order valence-corrected chi connectivity index (χ1v) is 12.2. The molecule has 0 fully saturated rings. The number of fused-ring (bicyclic) bond motifs is 2. The van der Waals surface area contributed by atoms with Crippen molar-refractivity contribution in [3.8, 4) is 0 Å². The maximum absolute atomic E-state index is 2.35. The van der Waals surface area contributed by atoms with Gasteiger partial charge in [0.25, 0.3) is 0 Å². The van der Waals surface area contributed by atoms with Gasteiger partial charge in [-0.3, -0.25) is 0 Å². The Hall–Kier alpha value is -2.34. The second kappa shape index (κ2) is 7.62. The van der Waals surface area contributed by atoms with Crippen LogP contribution in [0.1, 0.15) is 77.9 Å². The molecule has 4 rings (SSSR count). The molecule has 0 N–H and O–H groups in total. The summed E-state index contributed by atoms with van der Waals surface area (Å²) in [5, 5.41) is 6.09. The van der Waals surface area contributed by atoms with Crippen LogP contribution in [0.15, 0.2) is 0 Å². The van der Waals surface area contributed by atoms with E-state index in [1.165, 1.54) is 88.3 Å². The number of hydrogen-bond acceptors (Lipinski definition) is 0. The first-order valence-electron chi connectivity index (χ1n) is 12.2. The molecule has 0 radical (unpaired) electrons. The Bertz CT molecular complexity index is 1300. The molecule has 0 heteroatoms. The van der Waals surface area contributed by atoms with Crippen molar-refractivity contribution in [2.75, 3.05) is 0 Å². The minimum absolute atomic E-state index is 1.11. The van der Waals surface area contributed by atoms with Crippen LogP contribution in [0.5, 0.6) is 0 Å². The van der Waals surface area contributed by atoms with E-state index in [1.54, 1.807) is 11.1 Å². The molecule has 32 heavy (non-hydrogen) atoms. The fraction of sp³-hybridized carbons (Fsp3) is 0.438. The standard InChI is InChI=1S/C32H40/c1-15-17(3)23(9)31-27(19(5)25(11)29(31)21(15)7)13-14-28-20(6)26(12)30-22(8)16(2)18(4)24(10)32(28)30/h13-14H2,1-12H3/q-2. The van der Waals surface area contributed by atoms with Crippen LogP contribution >= 0.6 is 0 Å². The largest absolute Gasteiger partial charge is 0.150 e. The monoisotopic (exact) mass is 424 g/mol. The zero-order valence-electron chi connectivity index (χ0n) is 22.4. The van der Waals surface area contributed by atoms with Gasteiger partial charge in [0, 0.05) is 0 Å². The molecule has 0 aromatic heterocycles. The minimum Gasteiger partial charge on any atom is -0.150 e. The van der Waals surface area contributed by atoms with Crippen LogP contribution in [0.25, 0.3) is 21.5 Å². The Balaban J connectivity index is 1.93. The van der Waals surface area contributed by atoms with Crippen molar-refractivity contribution < 1.29 is 0 Å². The van der Waals surface area contributed by atoms with Crippen LogP contribution in [0.2, 0.25) is 0 Å². The summed E-state index contributed by atoms with van der Waals surface area (Å²) in [6, 6.07) is 0. The fourth-order valence-electron chi connectivity index (χ4n) is 6.39. The number of aryl methyl sites for hydroxylation is 8. The lowest BCUT2D eigenvalue weighted by atomic mass is 9.89. The molecular formula is C32H40-2. The van der Waals surface area contributed by atoms with Gasteiger partial charge in [0.1, 0.15) is 0 Å². The summed E-state index contributed by atoms with van der Waals surface area (Å²) in [6.07, 6.45) is 2.23. The van der Waals surface area contributed by atoms with E-state index in [4.69, 9.17) is 0 Å². The predicted octanol–water partition coefficient (Wildman–Crippen LogP) is 8.92. The van der Waals surface area contributed by atoms with Crippen LogP contribution in [-0.4, -0.2) is 0 Å². The summed E-state index contributed by atoms with van der Waals surface area (Å²) in [4.78, 5) is 0. The fourth-order valence-corrected chi connectivity index (χ4v) is 6.39. The van der Waals surface area contributed by atoms with Crippen LogP contribution in [-0.2, 0) is 12.8 Å². The second-order valence-electron chi connectivity index (χ2n) is 10.5. The lowest BCUT2D eigenvalue weighted by Gasteiger charge is -2.22. The maximum atomic E-state index is 2.35. The Morgan fingerprint density at radius 3 is 1.00 bits per heavy atom. The van der Waals surface area contributed by atoms with Crippen molar-refractivity contribution in [1.29, 1.82) is 0 Å². The summed E-state index contributed by atoms with van der Waals surface area (Å²) in [5.74, 6) is 0. The second-order valence-corrected chi connectivity index (χ2v) is 10.5. The maximum Gasteiger partial charge on any atom is -0.0408 e. The third-order valence-corrected chi connectivity index (χ3v) is 9.38. The Kier molecular flexibility index (Phi) is 5.44. The van der Waals surface area contributed by atoms with Crippen molar-refractivity contribution >= 4 is 21.5 Å². The van der Waals surface area contributed by atoms with Crippen LogP contribution in [0.3, 0.4) is 0 Å². The lowest BCUT2D eigenvalue weighted by molar-refractivity contribution is 0.959. The highest BCUT2D eigenvalue weighted by atomic mass is 14.3. The number of benzene rings is 2. The average molecular weight is 425 g/mol. The van der Waals surface area contributed by atoms with E-state index in [0.29, 0.717) is 0 Å². The van der Waals surface area contributed by atoms with E-state index in [2.05, 4.69) is 83.1 Å². The van der Waals surface area contributed by atoms with Crippen LogP contribution in [0, 0.1) is 83.1 Å². The van der Waals surface area contributed by atoms with Gasteiger partial charge in [-0.25, -0.2) is 0 Å². The molecule has 0 spiro atoms. The summed E-state index contributed by atoms with van der Waals surface area (Å²) in [7, 11) is 0. The van der Waals surface area contributed by atoms with E-state index in [0.717, 1.165) is 12.8 Å². The van der Waals surface area contributed by atoms with Gasteiger partial charge in [0.2, 0.25) is 0 Å². The van der Waals surface area contributed by atoms with Crippen molar-refractivity contribution in [3.05, 3.63) is 77.9 Å². The molecule has 0 aliphatic rings. The van der Waals surface area contributed by atoms with Gasteiger partial charge in [-0.1, -0.05) is 87.8 Å². The number of rotatable bonds is 3. The molecule has 0 saturated heterocycles. The van der Waals surface area contributed by atoms with Crippen LogP contribution < -0.4 is 0 Å². The topological polar surface area (TPSA) is 0 Å². The molecule has 0 unspecified atom stereocenters. The first kappa shape index (κ1) is 22.8. The average Bonchev–Trinajstić information content (AvgIpc) is 3.16. The van der Waals surface area contributed by atoms with E-state index in [-0.39, 0.29) is 0 Å². The normalized spacial score (nSPS) is 12.0. The van der Waals surface area contributed by atoms with E-state index in [1.807, 2.05) is 0 Å². The van der Waals surface area contributed by atoms with Crippen LogP contribution in [0.4, 0.5) is 0 Å². The quantitative estimate of drug-likeness (QED) is 0.288. The lowest BCUT2D eigenvalue weighted by Crippen LogP contribution is -1.98. The Labute approximate surface area is 195 Å². The minimum atomic E-state index is 1.11. The third-order valence-electron chi connectivity index (χ3n) is 9.38. The number of hydrogen-bond donors (Lipinski definition) is 0. The van der Waals surface area contributed by atoms with Crippen molar-refractivity contribution in [3.63, 3.8) is 0 Å². The van der Waals surface area contributed by atoms with E-state index in [9.17, 15) is 0 Å². The molecule has 0 aliphatic heterocycles. The molecule has 0 atom stereocenters. The summed E-state index contributed by atoms with van der Waals surface area (Å²) < 4.78 is 0. The smallest absolute Gasteiger partial charge is 0.0408 e.